The predicted molar refractivity (Wildman–Crippen MR) is 63.1 cm³/mol. The van der Waals surface area contributed by atoms with Crippen LogP contribution in [0, 0.1) is 13.8 Å². The van der Waals surface area contributed by atoms with Gasteiger partial charge in [-0.3, -0.25) is 0 Å². The number of rotatable bonds is 5. The Balaban J connectivity index is 2.74. The van der Waals surface area contributed by atoms with Gasteiger partial charge in [0.25, 0.3) is 0 Å². The highest BCUT2D eigenvalue weighted by Gasteiger charge is 2.28. The Hall–Kier alpha value is -0.480. The summed E-state index contributed by atoms with van der Waals surface area (Å²) in [6, 6.07) is 0. The lowest BCUT2D eigenvalue weighted by Gasteiger charge is -2.21. The predicted octanol–water partition coefficient (Wildman–Crippen LogP) is 2.77. The molecule has 0 fully saturated rings. The zero-order chi connectivity index (χ0) is 11.5. The highest BCUT2D eigenvalue weighted by atomic mass is 32.1. The Morgan fingerprint density at radius 3 is 2.53 bits per heavy atom. The molecule has 4 heteroatoms. The van der Waals surface area contributed by atoms with Crippen LogP contribution in [0.1, 0.15) is 35.3 Å². The summed E-state index contributed by atoms with van der Waals surface area (Å²) in [6.07, 6.45) is 1.69. The molecule has 15 heavy (non-hydrogen) atoms. The summed E-state index contributed by atoms with van der Waals surface area (Å²) in [7, 11) is 0. The molecule has 2 N–H and O–H groups in total. The number of alkyl halides is 1. The number of nitrogens with two attached hydrogens (primary N) is 1. The standard InChI is InChI=1S/C11H19FN2S/c1-4-5-11(12,7-13)6-10-14-8(2)9(3)15-10/h4-7,13H2,1-3H3. The van der Waals surface area contributed by atoms with Crippen LogP contribution in [0.3, 0.4) is 0 Å². The van der Waals surface area contributed by atoms with Crippen molar-refractivity contribution in [1.82, 2.24) is 4.98 Å². The SMILES string of the molecule is CCCC(F)(CN)Cc1nc(C)c(C)s1. The van der Waals surface area contributed by atoms with Crippen molar-refractivity contribution in [2.45, 2.75) is 45.7 Å². The number of hydrogen-bond acceptors (Lipinski definition) is 3. The van der Waals surface area contributed by atoms with Crippen molar-refractivity contribution in [3.05, 3.63) is 15.6 Å². The molecule has 0 amide bonds. The molecule has 1 unspecified atom stereocenters. The van der Waals surface area contributed by atoms with E-state index < -0.39 is 5.67 Å². The van der Waals surface area contributed by atoms with Crippen LogP contribution in [-0.4, -0.2) is 17.2 Å². The molecule has 0 spiro atoms. The van der Waals surface area contributed by atoms with Gasteiger partial charge in [0.05, 0.1) is 10.7 Å². The molecule has 0 saturated carbocycles. The molecule has 1 heterocycles. The fraction of sp³-hybridized carbons (Fsp3) is 0.727. The Kier molecular flexibility index (Phi) is 4.22. The third kappa shape index (κ3) is 3.24. The maximum absolute atomic E-state index is 14.2. The van der Waals surface area contributed by atoms with Crippen molar-refractivity contribution in [2.75, 3.05) is 6.54 Å². The van der Waals surface area contributed by atoms with Gasteiger partial charge < -0.3 is 5.73 Å². The summed E-state index contributed by atoms with van der Waals surface area (Å²) in [4.78, 5) is 5.52. The molecule has 0 aliphatic carbocycles. The van der Waals surface area contributed by atoms with E-state index in [-0.39, 0.29) is 6.54 Å². The van der Waals surface area contributed by atoms with E-state index >= 15 is 0 Å². The van der Waals surface area contributed by atoms with E-state index in [0.29, 0.717) is 12.8 Å². The number of aromatic nitrogens is 1. The number of hydrogen-bond donors (Lipinski definition) is 1. The van der Waals surface area contributed by atoms with Crippen molar-refractivity contribution >= 4 is 11.3 Å². The molecule has 0 aromatic carbocycles. The molecular formula is C11H19FN2S. The van der Waals surface area contributed by atoms with Gasteiger partial charge in [0.1, 0.15) is 5.67 Å². The van der Waals surface area contributed by atoms with Gasteiger partial charge in [-0.05, 0) is 20.3 Å². The van der Waals surface area contributed by atoms with Gasteiger partial charge in [-0.15, -0.1) is 11.3 Å². The van der Waals surface area contributed by atoms with Gasteiger partial charge in [-0.25, -0.2) is 9.37 Å². The summed E-state index contributed by atoms with van der Waals surface area (Å²) < 4.78 is 14.2. The van der Waals surface area contributed by atoms with Gasteiger partial charge in [-0.1, -0.05) is 13.3 Å². The molecule has 0 bridgehead atoms. The third-order valence-corrected chi connectivity index (χ3v) is 3.68. The van der Waals surface area contributed by atoms with Gasteiger partial charge in [0.15, 0.2) is 0 Å². The summed E-state index contributed by atoms with van der Waals surface area (Å²) in [5, 5.41) is 0.867. The van der Waals surface area contributed by atoms with Gasteiger partial charge in [0.2, 0.25) is 0 Å². The molecule has 1 aromatic heterocycles. The molecule has 0 aliphatic heterocycles. The molecule has 0 aliphatic rings. The Morgan fingerprint density at radius 2 is 2.13 bits per heavy atom. The number of thiazole rings is 1. The van der Waals surface area contributed by atoms with Gasteiger partial charge in [0, 0.05) is 17.8 Å². The number of halogens is 1. The van der Waals surface area contributed by atoms with Crippen LogP contribution in [0.5, 0.6) is 0 Å². The van der Waals surface area contributed by atoms with Crippen molar-refractivity contribution in [3.8, 4) is 0 Å². The first-order chi connectivity index (χ1) is 7.00. The molecule has 0 radical (unpaired) electrons. The van der Waals surface area contributed by atoms with E-state index in [2.05, 4.69) is 4.98 Å². The Morgan fingerprint density at radius 1 is 1.47 bits per heavy atom. The van der Waals surface area contributed by atoms with E-state index in [0.717, 1.165) is 17.1 Å². The zero-order valence-corrected chi connectivity index (χ0v) is 10.5. The fourth-order valence-electron chi connectivity index (χ4n) is 1.60. The lowest BCUT2D eigenvalue weighted by Crippen LogP contribution is -2.35. The number of aryl methyl sites for hydroxylation is 2. The third-order valence-electron chi connectivity index (χ3n) is 2.60. The summed E-state index contributed by atoms with van der Waals surface area (Å²) >= 11 is 1.58. The topological polar surface area (TPSA) is 38.9 Å². The molecule has 0 saturated heterocycles. The fourth-order valence-corrected chi connectivity index (χ4v) is 2.66. The van der Waals surface area contributed by atoms with Crippen LogP contribution in [0.15, 0.2) is 0 Å². The van der Waals surface area contributed by atoms with Crippen LogP contribution >= 0.6 is 11.3 Å². The van der Waals surface area contributed by atoms with E-state index in [1.807, 2.05) is 20.8 Å². The normalized spacial score (nSPS) is 15.3. The van der Waals surface area contributed by atoms with E-state index in [4.69, 9.17) is 5.73 Å². The minimum atomic E-state index is -1.27. The highest BCUT2D eigenvalue weighted by molar-refractivity contribution is 7.11. The lowest BCUT2D eigenvalue weighted by molar-refractivity contribution is 0.158. The first-order valence-electron chi connectivity index (χ1n) is 5.32. The Labute approximate surface area is 94.7 Å². The van der Waals surface area contributed by atoms with Crippen molar-refractivity contribution in [1.29, 1.82) is 0 Å². The molecular weight excluding hydrogens is 211 g/mol. The van der Waals surface area contributed by atoms with E-state index in [9.17, 15) is 4.39 Å². The van der Waals surface area contributed by atoms with Crippen LogP contribution in [0.4, 0.5) is 4.39 Å². The van der Waals surface area contributed by atoms with Crippen LogP contribution in [0.25, 0.3) is 0 Å². The average molecular weight is 230 g/mol. The van der Waals surface area contributed by atoms with Crippen molar-refractivity contribution in [3.63, 3.8) is 0 Å². The summed E-state index contributed by atoms with van der Waals surface area (Å²) in [5.74, 6) is 0. The zero-order valence-electron chi connectivity index (χ0n) is 9.64. The average Bonchev–Trinajstić information content (AvgIpc) is 2.46. The molecule has 2 nitrogen and oxygen atoms in total. The van der Waals surface area contributed by atoms with Crippen molar-refractivity contribution in [2.24, 2.45) is 5.73 Å². The monoisotopic (exact) mass is 230 g/mol. The first-order valence-corrected chi connectivity index (χ1v) is 6.14. The first kappa shape index (κ1) is 12.6. The summed E-state index contributed by atoms with van der Waals surface area (Å²) in [5.41, 5.74) is 5.22. The minimum absolute atomic E-state index is 0.0819. The quantitative estimate of drug-likeness (QED) is 0.844. The molecule has 1 atom stereocenters. The maximum Gasteiger partial charge on any atom is 0.129 e. The van der Waals surface area contributed by atoms with Gasteiger partial charge >= 0.3 is 0 Å². The largest absolute Gasteiger partial charge is 0.328 e. The maximum atomic E-state index is 14.2. The smallest absolute Gasteiger partial charge is 0.129 e. The van der Waals surface area contributed by atoms with E-state index in [1.165, 1.54) is 4.88 Å². The van der Waals surface area contributed by atoms with Crippen LogP contribution in [-0.2, 0) is 6.42 Å². The van der Waals surface area contributed by atoms with Crippen LogP contribution in [0.2, 0.25) is 0 Å². The molecule has 1 aromatic rings. The van der Waals surface area contributed by atoms with Crippen LogP contribution < -0.4 is 5.73 Å². The second-order valence-corrected chi connectivity index (χ2v) is 5.32. The summed E-state index contributed by atoms with van der Waals surface area (Å²) in [6.45, 7) is 6.02. The highest BCUT2D eigenvalue weighted by Crippen LogP contribution is 2.26. The molecule has 1 rings (SSSR count). The minimum Gasteiger partial charge on any atom is -0.328 e. The van der Waals surface area contributed by atoms with Crippen molar-refractivity contribution < 1.29 is 4.39 Å². The lowest BCUT2D eigenvalue weighted by atomic mass is 9.97. The Bertz CT molecular complexity index is 305. The number of nitrogens with zero attached hydrogens (tertiary/aromatic N) is 1. The van der Waals surface area contributed by atoms with E-state index in [1.54, 1.807) is 11.3 Å². The second-order valence-electron chi connectivity index (χ2n) is 4.03. The molecule has 86 valence electrons. The van der Waals surface area contributed by atoms with Gasteiger partial charge in [-0.2, -0.15) is 0 Å². The second kappa shape index (κ2) is 5.03.